The van der Waals surface area contributed by atoms with Crippen LogP contribution in [0.25, 0.3) is 0 Å². The van der Waals surface area contributed by atoms with Crippen LogP contribution in [0, 0.1) is 0 Å². The third-order valence-electron chi connectivity index (χ3n) is 7.08. The Morgan fingerprint density at radius 2 is 1.53 bits per heavy atom. The maximum Gasteiger partial charge on any atom is 0.335 e. The number of nitrogens with one attached hydrogen (secondary N) is 2. The third-order valence-corrected chi connectivity index (χ3v) is 17.9. The summed E-state index contributed by atoms with van der Waals surface area (Å²) in [4.78, 5) is 28.9. The number of hydrogen-bond donors (Lipinski definition) is 2. The maximum absolute atomic E-state index is 12.7. The van der Waals surface area contributed by atoms with Gasteiger partial charge in [-0.2, -0.15) is 8.42 Å². The summed E-state index contributed by atoms with van der Waals surface area (Å²) in [6.07, 6.45) is -1.73. The molecule has 0 spiro atoms. The number of hydrogen-bond acceptors (Lipinski definition) is 9. The lowest BCUT2D eigenvalue weighted by atomic mass is 10.0. The molecule has 3 heterocycles. The first-order chi connectivity index (χ1) is 16.5. The maximum atomic E-state index is 12.7. The van der Waals surface area contributed by atoms with Crippen LogP contribution < -0.4 is 11.2 Å². The minimum absolute atomic E-state index is 0.00126. The predicted octanol–water partition coefficient (Wildman–Crippen LogP) is 2.80. The Labute approximate surface area is 214 Å². The molecule has 0 amide bonds. The van der Waals surface area contributed by atoms with E-state index in [2.05, 4.69) is 65.4 Å². The molecule has 0 saturated carbocycles. The number of aromatic nitrogens is 2. The van der Waals surface area contributed by atoms with Gasteiger partial charge < -0.3 is 22.7 Å². The summed E-state index contributed by atoms with van der Waals surface area (Å²) < 4.78 is 57.2. The van der Waals surface area contributed by atoms with Gasteiger partial charge in [0.15, 0.2) is 0 Å². The Bertz CT molecular complexity index is 1130. The van der Waals surface area contributed by atoms with E-state index in [1.807, 2.05) is 0 Å². The molecule has 2 aliphatic heterocycles. The van der Waals surface area contributed by atoms with Crippen LogP contribution in [0.4, 0.5) is 0 Å². The standard InChI is InChI=1S/C22H40N2O9SSi2/c1-12(2)35(13(3)4)29-11-17-19(32-36(33-35,14(5)6)15(7)8)20(31-34(9,27)28)18(30-17)16-10-23-22(26)24-21(16)25/h10,12-15,17-20H,11H2,1-9H3,(H2,23,24,25,26). The molecular formula is C22H40N2O9SSi2. The van der Waals surface area contributed by atoms with Crippen LogP contribution in [0.15, 0.2) is 15.8 Å². The summed E-state index contributed by atoms with van der Waals surface area (Å²) in [6.45, 7) is 16.7. The van der Waals surface area contributed by atoms with Crippen molar-refractivity contribution in [3.63, 3.8) is 0 Å². The van der Waals surface area contributed by atoms with Crippen molar-refractivity contribution in [3.05, 3.63) is 32.6 Å². The molecule has 2 fully saturated rings. The highest BCUT2D eigenvalue weighted by Gasteiger charge is 2.62. The zero-order chi connectivity index (χ0) is 27.2. The summed E-state index contributed by atoms with van der Waals surface area (Å²) >= 11 is 0. The van der Waals surface area contributed by atoms with Crippen molar-refractivity contribution in [2.45, 2.75) is 102 Å². The van der Waals surface area contributed by atoms with Crippen LogP contribution in [-0.4, -0.2) is 66.7 Å². The average Bonchev–Trinajstić information content (AvgIpc) is 3.01. The molecule has 4 unspecified atom stereocenters. The third kappa shape index (κ3) is 5.50. The quantitative estimate of drug-likeness (QED) is 0.377. The van der Waals surface area contributed by atoms with Gasteiger partial charge in [-0.3, -0.25) is 14.0 Å². The Hall–Kier alpha value is -1.14. The van der Waals surface area contributed by atoms with Gasteiger partial charge in [0.25, 0.3) is 15.7 Å². The average molecular weight is 565 g/mol. The van der Waals surface area contributed by atoms with Crippen molar-refractivity contribution >= 4 is 27.2 Å². The van der Waals surface area contributed by atoms with Crippen LogP contribution in [-0.2, 0) is 32.0 Å². The van der Waals surface area contributed by atoms with Crippen LogP contribution in [0.2, 0.25) is 22.2 Å². The van der Waals surface area contributed by atoms with Crippen molar-refractivity contribution in [2.24, 2.45) is 0 Å². The highest BCUT2D eigenvalue weighted by molar-refractivity contribution is 7.86. The molecular weight excluding hydrogens is 524 g/mol. The van der Waals surface area contributed by atoms with Crippen molar-refractivity contribution < 1.29 is 30.3 Å². The van der Waals surface area contributed by atoms with Gasteiger partial charge in [-0.05, 0) is 22.2 Å². The fourth-order valence-corrected chi connectivity index (χ4v) is 17.2. The zero-order valence-electron chi connectivity index (χ0n) is 22.5. The van der Waals surface area contributed by atoms with Crippen LogP contribution in [0.3, 0.4) is 0 Å². The van der Waals surface area contributed by atoms with Crippen molar-refractivity contribution in [2.75, 3.05) is 12.9 Å². The molecule has 0 aromatic carbocycles. The lowest BCUT2D eigenvalue weighted by molar-refractivity contribution is -0.0391. The molecule has 206 valence electrons. The van der Waals surface area contributed by atoms with E-state index in [1.54, 1.807) is 0 Å². The Kier molecular flexibility index (Phi) is 8.63. The van der Waals surface area contributed by atoms with Gasteiger partial charge in [0.1, 0.15) is 24.4 Å². The van der Waals surface area contributed by atoms with Gasteiger partial charge in [0.05, 0.1) is 18.4 Å². The van der Waals surface area contributed by atoms with Gasteiger partial charge in [0, 0.05) is 6.20 Å². The number of H-pyrrole nitrogens is 2. The number of ether oxygens (including phenoxy) is 1. The first kappa shape index (κ1) is 29.4. The van der Waals surface area contributed by atoms with E-state index in [0.29, 0.717) is 0 Å². The second kappa shape index (κ2) is 10.6. The Morgan fingerprint density at radius 3 is 2.00 bits per heavy atom. The van der Waals surface area contributed by atoms with Gasteiger partial charge >= 0.3 is 22.8 Å². The molecule has 3 rings (SSSR count). The lowest BCUT2D eigenvalue weighted by Gasteiger charge is -2.51. The molecule has 0 radical (unpaired) electrons. The van der Waals surface area contributed by atoms with Crippen molar-refractivity contribution in [1.82, 2.24) is 9.97 Å². The van der Waals surface area contributed by atoms with E-state index in [9.17, 15) is 18.0 Å². The number of aromatic amines is 2. The van der Waals surface area contributed by atoms with Crippen LogP contribution in [0.5, 0.6) is 0 Å². The Balaban J connectivity index is 2.20. The zero-order valence-corrected chi connectivity index (χ0v) is 25.3. The molecule has 36 heavy (non-hydrogen) atoms. The monoisotopic (exact) mass is 564 g/mol. The normalized spacial score (nSPS) is 28.5. The topological polar surface area (TPSA) is 146 Å². The Morgan fingerprint density at radius 1 is 0.972 bits per heavy atom. The fourth-order valence-electron chi connectivity index (χ4n) is 5.33. The molecule has 2 saturated heterocycles. The molecule has 2 aliphatic rings. The van der Waals surface area contributed by atoms with Crippen molar-refractivity contribution in [1.29, 1.82) is 0 Å². The first-order valence-corrected chi connectivity index (χ1v) is 18.2. The van der Waals surface area contributed by atoms with E-state index in [1.165, 1.54) is 6.20 Å². The molecule has 0 bridgehead atoms. The van der Waals surface area contributed by atoms with E-state index >= 15 is 0 Å². The largest absolute Gasteiger partial charge is 0.414 e. The fraction of sp³-hybridized carbons (Fsp3) is 0.818. The van der Waals surface area contributed by atoms with Gasteiger partial charge in [0.2, 0.25) is 0 Å². The highest BCUT2D eigenvalue weighted by Crippen LogP contribution is 2.49. The summed E-state index contributed by atoms with van der Waals surface area (Å²) in [5, 5.41) is 0. The van der Waals surface area contributed by atoms with Crippen LogP contribution in [0.1, 0.15) is 67.1 Å². The first-order valence-electron chi connectivity index (χ1n) is 12.4. The summed E-state index contributed by atoms with van der Waals surface area (Å²) in [5.74, 6) is 0. The molecule has 1 aromatic heterocycles. The second-order valence-corrected chi connectivity index (χ2v) is 21.4. The molecule has 14 heteroatoms. The summed E-state index contributed by atoms with van der Waals surface area (Å²) in [5.41, 5.74) is -1.11. The van der Waals surface area contributed by atoms with Crippen molar-refractivity contribution in [3.8, 4) is 0 Å². The van der Waals surface area contributed by atoms with E-state index in [0.717, 1.165) is 6.26 Å². The van der Waals surface area contributed by atoms with Gasteiger partial charge in [-0.25, -0.2) is 4.79 Å². The molecule has 11 nitrogen and oxygen atoms in total. The molecule has 2 N–H and O–H groups in total. The molecule has 0 aliphatic carbocycles. The number of rotatable bonds is 7. The van der Waals surface area contributed by atoms with Gasteiger partial charge in [-0.1, -0.05) is 55.4 Å². The lowest BCUT2D eigenvalue weighted by Crippen LogP contribution is -2.66. The van der Waals surface area contributed by atoms with E-state index < -0.39 is 62.9 Å². The smallest absolute Gasteiger partial charge is 0.335 e. The minimum Gasteiger partial charge on any atom is -0.414 e. The minimum atomic E-state index is -3.97. The van der Waals surface area contributed by atoms with E-state index in [4.69, 9.17) is 21.9 Å². The van der Waals surface area contributed by atoms with E-state index in [-0.39, 0.29) is 34.3 Å². The summed E-state index contributed by atoms with van der Waals surface area (Å²) in [6, 6.07) is 0. The predicted molar refractivity (Wildman–Crippen MR) is 139 cm³/mol. The molecule has 4 atom stereocenters. The SMILES string of the molecule is CC(C)[Si]1(C(C)C)OCC2OC(c3c[nH]c(=O)[nH]c3=O)C(OS(C)(=O)=O)C2O[Si](C(C)C)(C(C)C)O1. The van der Waals surface area contributed by atoms with Crippen LogP contribution >= 0.6 is 0 Å². The summed E-state index contributed by atoms with van der Waals surface area (Å²) in [7, 11) is -9.92. The second-order valence-electron chi connectivity index (χ2n) is 10.9. The number of fused-ring (bicyclic) bond motifs is 1. The molecule has 1 aromatic rings. The van der Waals surface area contributed by atoms with Gasteiger partial charge in [-0.15, -0.1) is 0 Å². The highest BCUT2D eigenvalue weighted by atomic mass is 32.2.